The van der Waals surface area contributed by atoms with Gasteiger partial charge in [-0.2, -0.15) is 0 Å². The molecule has 0 amide bonds. The van der Waals surface area contributed by atoms with E-state index in [0.717, 1.165) is 18.4 Å². The van der Waals surface area contributed by atoms with Crippen LogP contribution in [-0.2, 0) is 16.4 Å². The molecular weight excluding hydrogens is 308 g/mol. The summed E-state index contributed by atoms with van der Waals surface area (Å²) in [6, 6.07) is 11.9. The topological polar surface area (TPSA) is 63.4 Å². The van der Waals surface area contributed by atoms with Gasteiger partial charge in [-0.25, -0.2) is 8.42 Å². The second-order valence-corrected chi connectivity index (χ2v) is 7.24. The third kappa shape index (κ3) is 2.47. The van der Waals surface area contributed by atoms with Gasteiger partial charge in [0.15, 0.2) is 0 Å². The smallest absolute Gasteiger partial charge is 0.265 e. The standard InChI is InChI=1S/C15H15ClN2O2S/c16-13-5-1-2-6-15(13)21(19,20)18-9-3-4-11-7-8-12(17)10-14(11)18/h1-2,5-8,10H,3-4,9,17H2. The first-order valence-corrected chi connectivity index (χ1v) is 8.47. The average Bonchev–Trinajstić information content (AvgIpc) is 2.46. The molecule has 0 aliphatic carbocycles. The zero-order chi connectivity index (χ0) is 15.0. The van der Waals surface area contributed by atoms with Crippen molar-refractivity contribution in [3.8, 4) is 0 Å². The van der Waals surface area contributed by atoms with Gasteiger partial charge in [-0.1, -0.05) is 29.8 Å². The van der Waals surface area contributed by atoms with Crippen molar-refractivity contribution in [1.29, 1.82) is 0 Å². The molecular formula is C15H15ClN2O2S. The molecule has 0 atom stereocenters. The molecule has 0 saturated carbocycles. The lowest BCUT2D eigenvalue weighted by Crippen LogP contribution is -2.35. The lowest BCUT2D eigenvalue weighted by atomic mass is 10.0. The van der Waals surface area contributed by atoms with E-state index in [9.17, 15) is 8.42 Å². The van der Waals surface area contributed by atoms with Gasteiger partial charge in [0.2, 0.25) is 0 Å². The summed E-state index contributed by atoms with van der Waals surface area (Å²) in [5.41, 5.74) is 8.00. The minimum atomic E-state index is -3.68. The number of nitrogens with zero attached hydrogens (tertiary/aromatic N) is 1. The van der Waals surface area contributed by atoms with E-state index in [-0.39, 0.29) is 9.92 Å². The largest absolute Gasteiger partial charge is 0.399 e. The fraction of sp³-hybridized carbons (Fsp3) is 0.200. The van der Waals surface area contributed by atoms with Crippen molar-refractivity contribution < 1.29 is 8.42 Å². The first-order valence-electron chi connectivity index (χ1n) is 6.66. The Balaban J connectivity index is 2.14. The SMILES string of the molecule is Nc1ccc2c(c1)N(S(=O)(=O)c1ccccc1Cl)CCC2. The third-order valence-electron chi connectivity index (χ3n) is 3.59. The highest BCUT2D eigenvalue weighted by Gasteiger charge is 2.30. The van der Waals surface area contributed by atoms with Gasteiger partial charge in [0.1, 0.15) is 4.90 Å². The Hall–Kier alpha value is -1.72. The van der Waals surface area contributed by atoms with Crippen LogP contribution in [0, 0.1) is 0 Å². The Labute approximate surface area is 129 Å². The molecule has 21 heavy (non-hydrogen) atoms. The number of aryl methyl sites for hydroxylation is 1. The zero-order valence-corrected chi connectivity index (χ0v) is 12.9. The van der Waals surface area contributed by atoms with E-state index in [0.29, 0.717) is 17.9 Å². The molecule has 0 bridgehead atoms. The zero-order valence-electron chi connectivity index (χ0n) is 11.3. The van der Waals surface area contributed by atoms with E-state index < -0.39 is 10.0 Å². The van der Waals surface area contributed by atoms with Crippen LogP contribution >= 0.6 is 11.6 Å². The van der Waals surface area contributed by atoms with Crippen LogP contribution in [0.15, 0.2) is 47.4 Å². The van der Waals surface area contributed by atoms with Gasteiger partial charge in [-0.15, -0.1) is 0 Å². The van der Waals surface area contributed by atoms with Crippen molar-refractivity contribution in [2.45, 2.75) is 17.7 Å². The van der Waals surface area contributed by atoms with Gasteiger partial charge in [-0.3, -0.25) is 4.31 Å². The number of nitrogens with two attached hydrogens (primary N) is 1. The summed E-state index contributed by atoms with van der Waals surface area (Å²) in [5.74, 6) is 0. The van der Waals surface area contributed by atoms with E-state index in [1.54, 1.807) is 30.3 Å². The van der Waals surface area contributed by atoms with Crippen LogP contribution in [0.25, 0.3) is 0 Å². The molecule has 4 nitrogen and oxygen atoms in total. The minimum Gasteiger partial charge on any atom is -0.399 e. The predicted octanol–water partition coefficient (Wildman–Crippen LogP) is 3.06. The molecule has 2 N–H and O–H groups in total. The molecule has 2 aromatic rings. The van der Waals surface area contributed by atoms with E-state index in [1.807, 2.05) is 6.07 Å². The second-order valence-electron chi connectivity index (χ2n) is 5.00. The summed E-state index contributed by atoms with van der Waals surface area (Å²) in [5, 5.41) is 0.230. The predicted molar refractivity (Wildman–Crippen MR) is 85.2 cm³/mol. The molecule has 1 aliphatic heterocycles. The van der Waals surface area contributed by atoms with Gasteiger partial charge < -0.3 is 5.73 Å². The summed E-state index contributed by atoms with van der Waals surface area (Å²) >= 11 is 6.06. The van der Waals surface area contributed by atoms with Crippen LogP contribution in [0.4, 0.5) is 11.4 Å². The van der Waals surface area contributed by atoms with Crippen molar-refractivity contribution >= 4 is 33.0 Å². The molecule has 6 heteroatoms. The van der Waals surface area contributed by atoms with Crippen molar-refractivity contribution in [2.75, 3.05) is 16.6 Å². The molecule has 0 spiro atoms. The van der Waals surface area contributed by atoms with E-state index in [4.69, 9.17) is 17.3 Å². The summed E-state index contributed by atoms with van der Waals surface area (Å²) < 4.78 is 27.2. The normalized spacial score (nSPS) is 14.8. The van der Waals surface area contributed by atoms with Gasteiger partial charge in [0.25, 0.3) is 10.0 Å². The number of halogens is 1. The van der Waals surface area contributed by atoms with Crippen LogP contribution in [0.5, 0.6) is 0 Å². The number of sulfonamides is 1. The monoisotopic (exact) mass is 322 g/mol. The fourth-order valence-corrected chi connectivity index (χ4v) is 4.61. The summed E-state index contributed by atoms with van der Waals surface area (Å²) in [6.45, 7) is 0.435. The molecule has 0 unspecified atom stereocenters. The molecule has 2 aromatic carbocycles. The molecule has 3 rings (SSSR count). The Kier molecular flexibility index (Phi) is 3.55. The first kappa shape index (κ1) is 14.2. The Morgan fingerprint density at radius 2 is 1.90 bits per heavy atom. The maximum absolute atomic E-state index is 12.9. The Morgan fingerprint density at radius 1 is 1.14 bits per heavy atom. The number of fused-ring (bicyclic) bond motifs is 1. The maximum atomic E-state index is 12.9. The van der Waals surface area contributed by atoms with Crippen LogP contribution in [0.1, 0.15) is 12.0 Å². The summed E-state index contributed by atoms with van der Waals surface area (Å²) in [6.07, 6.45) is 1.63. The highest BCUT2D eigenvalue weighted by Crippen LogP contribution is 2.35. The quantitative estimate of drug-likeness (QED) is 0.864. The summed E-state index contributed by atoms with van der Waals surface area (Å²) in [7, 11) is -3.68. The number of benzene rings is 2. The van der Waals surface area contributed by atoms with Crippen molar-refractivity contribution in [3.63, 3.8) is 0 Å². The van der Waals surface area contributed by atoms with Gasteiger partial charge in [0, 0.05) is 12.2 Å². The van der Waals surface area contributed by atoms with E-state index in [2.05, 4.69) is 0 Å². The van der Waals surface area contributed by atoms with Gasteiger partial charge in [-0.05, 0) is 42.7 Å². The minimum absolute atomic E-state index is 0.127. The first-order chi connectivity index (χ1) is 10.00. The fourth-order valence-electron chi connectivity index (χ4n) is 2.58. The lowest BCUT2D eigenvalue weighted by Gasteiger charge is -2.31. The van der Waals surface area contributed by atoms with E-state index >= 15 is 0 Å². The number of anilines is 2. The van der Waals surface area contributed by atoms with Crippen molar-refractivity contribution in [3.05, 3.63) is 53.1 Å². The van der Waals surface area contributed by atoms with Crippen LogP contribution in [0.2, 0.25) is 5.02 Å². The number of nitrogen functional groups attached to an aromatic ring is 1. The molecule has 0 fully saturated rings. The molecule has 0 radical (unpaired) electrons. The Morgan fingerprint density at radius 3 is 2.67 bits per heavy atom. The van der Waals surface area contributed by atoms with Crippen molar-refractivity contribution in [2.24, 2.45) is 0 Å². The van der Waals surface area contributed by atoms with Gasteiger partial charge in [0.05, 0.1) is 10.7 Å². The molecule has 110 valence electrons. The summed E-state index contributed by atoms with van der Waals surface area (Å²) in [4.78, 5) is 0.127. The van der Waals surface area contributed by atoms with Crippen LogP contribution in [0.3, 0.4) is 0 Å². The second kappa shape index (κ2) is 5.24. The highest BCUT2D eigenvalue weighted by atomic mass is 35.5. The maximum Gasteiger partial charge on any atom is 0.265 e. The Bertz CT molecular complexity index is 790. The van der Waals surface area contributed by atoms with Crippen LogP contribution < -0.4 is 10.0 Å². The van der Waals surface area contributed by atoms with Gasteiger partial charge >= 0.3 is 0 Å². The van der Waals surface area contributed by atoms with E-state index in [1.165, 1.54) is 10.4 Å². The average molecular weight is 323 g/mol. The molecule has 1 aliphatic rings. The highest BCUT2D eigenvalue weighted by molar-refractivity contribution is 7.93. The van der Waals surface area contributed by atoms with Crippen molar-refractivity contribution in [1.82, 2.24) is 0 Å². The lowest BCUT2D eigenvalue weighted by molar-refractivity contribution is 0.586. The molecule has 1 heterocycles. The number of rotatable bonds is 2. The third-order valence-corrected chi connectivity index (χ3v) is 5.90. The molecule has 0 saturated heterocycles. The molecule has 0 aromatic heterocycles. The van der Waals surface area contributed by atoms with Crippen LogP contribution in [-0.4, -0.2) is 15.0 Å². The number of hydrogen-bond acceptors (Lipinski definition) is 3. The number of hydrogen-bond donors (Lipinski definition) is 1.